The topological polar surface area (TPSA) is 86.5 Å². The number of aromatic nitrogens is 2. The monoisotopic (exact) mass is 343 g/mol. The predicted octanol–water partition coefficient (Wildman–Crippen LogP) is 2.50. The average molecular weight is 343 g/mol. The fraction of sp³-hybridized carbons (Fsp3) is 0.188. The number of thiophene rings is 1. The second kappa shape index (κ2) is 6.32. The van der Waals surface area contributed by atoms with Crippen molar-refractivity contribution in [1.82, 2.24) is 15.5 Å². The zero-order valence-corrected chi connectivity index (χ0v) is 13.3. The summed E-state index contributed by atoms with van der Waals surface area (Å²) in [5.41, 5.74) is 0.834. The number of fused-ring (bicyclic) bond motifs is 1. The summed E-state index contributed by atoms with van der Waals surface area (Å²) in [5, 5.41) is 12.5. The first-order valence-corrected chi connectivity index (χ1v) is 8.22. The summed E-state index contributed by atoms with van der Waals surface area (Å²) in [4.78, 5) is 12.8. The molecule has 1 aromatic carbocycles. The maximum Gasteiger partial charge on any atom is 0.265 e. The molecule has 0 saturated heterocycles. The summed E-state index contributed by atoms with van der Waals surface area (Å²) >= 11 is 1.28. The van der Waals surface area contributed by atoms with Crippen LogP contribution < -0.4 is 14.8 Å². The number of nitrogens with one attached hydrogen (secondary N) is 1. The van der Waals surface area contributed by atoms with E-state index in [1.165, 1.54) is 11.3 Å². The number of benzene rings is 1. The van der Waals surface area contributed by atoms with Crippen LogP contribution in [-0.4, -0.2) is 29.3 Å². The molecule has 1 aliphatic rings. The predicted molar refractivity (Wildman–Crippen MR) is 86.2 cm³/mol. The number of carbonyl (C=O) groups excluding carboxylic acids is 1. The van der Waals surface area contributed by atoms with E-state index in [0.717, 1.165) is 5.56 Å². The Morgan fingerprint density at radius 3 is 2.88 bits per heavy atom. The second-order valence-corrected chi connectivity index (χ2v) is 5.88. The fourth-order valence-corrected chi connectivity index (χ4v) is 3.12. The van der Waals surface area contributed by atoms with E-state index in [0.29, 0.717) is 41.4 Å². The van der Waals surface area contributed by atoms with E-state index >= 15 is 0 Å². The average Bonchev–Trinajstić information content (AvgIpc) is 3.27. The van der Waals surface area contributed by atoms with E-state index in [1.807, 2.05) is 30.3 Å². The number of nitrogens with zero attached hydrogens (tertiary/aromatic N) is 2. The van der Waals surface area contributed by atoms with E-state index in [-0.39, 0.29) is 12.5 Å². The molecule has 0 saturated carbocycles. The summed E-state index contributed by atoms with van der Waals surface area (Å²) in [7, 11) is 0. The highest BCUT2D eigenvalue weighted by atomic mass is 32.1. The van der Waals surface area contributed by atoms with Crippen LogP contribution in [0.15, 0.2) is 40.1 Å². The number of hydrogen-bond acceptors (Lipinski definition) is 7. The van der Waals surface area contributed by atoms with E-state index < -0.39 is 0 Å². The third-order valence-electron chi connectivity index (χ3n) is 3.40. The molecule has 1 aliphatic heterocycles. The molecule has 24 heavy (non-hydrogen) atoms. The van der Waals surface area contributed by atoms with Gasteiger partial charge >= 0.3 is 0 Å². The summed E-state index contributed by atoms with van der Waals surface area (Å²) in [5.74, 6) is 1.61. The molecular weight excluding hydrogens is 330 g/mol. The Kier molecular flexibility index (Phi) is 3.87. The van der Waals surface area contributed by atoms with Crippen LogP contribution in [0.1, 0.15) is 15.6 Å². The van der Waals surface area contributed by atoms with Gasteiger partial charge in [-0.25, -0.2) is 0 Å². The molecule has 0 fully saturated rings. The van der Waals surface area contributed by atoms with Crippen LogP contribution in [0.5, 0.6) is 11.5 Å². The molecule has 0 atom stereocenters. The van der Waals surface area contributed by atoms with Gasteiger partial charge in [-0.2, -0.15) is 0 Å². The van der Waals surface area contributed by atoms with Gasteiger partial charge in [-0.05, 0) is 12.1 Å². The van der Waals surface area contributed by atoms with Crippen LogP contribution in [-0.2, 0) is 6.54 Å². The van der Waals surface area contributed by atoms with Gasteiger partial charge < -0.3 is 19.2 Å². The molecule has 2 aromatic heterocycles. The summed E-state index contributed by atoms with van der Waals surface area (Å²) < 4.78 is 16.5. The minimum Gasteiger partial charge on any atom is -0.485 e. The lowest BCUT2D eigenvalue weighted by atomic mass is 10.2. The van der Waals surface area contributed by atoms with E-state index in [4.69, 9.17) is 13.9 Å². The SMILES string of the molecule is O=C(NCc1nnc(-c2ccccc2)o1)c1scc2c1OCCO2. The summed E-state index contributed by atoms with van der Waals surface area (Å²) in [6.07, 6.45) is 0. The smallest absolute Gasteiger partial charge is 0.265 e. The van der Waals surface area contributed by atoms with Gasteiger partial charge in [0.2, 0.25) is 11.8 Å². The van der Waals surface area contributed by atoms with Gasteiger partial charge in [0.15, 0.2) is 11.5 Å². The molecule has 8 heteroatoms. The fourth-order valence-electron chi connectivity index (χ4n) is 2.28. The molecule has 0 spiro atoms. The molecule has 1 N–H and O–H groups in total. The molecule has 0 bridgehead atoms. The van der Waals surface area contributed by atoms with Gasteiger partial charge in [0, 0.05) is 10.9 Å². The Balaban J connectivity index is 1.43. The standard InChI is InChI=1S/C16H13N3O4S/c20-15(14-13-11(9-24-14)21-6-7-22-13)17-8-12-18-19-16(23-12)10-4-2-1-3-5-10/h1-5,9H,6-8H2,(H,17,20). The van der Waals surface area contributed by atoms with Crippen molar-refractivity contribution < 1.29 is 18.7 Å². The van der Waals surface area contributed by atoms with Crippen LogP contribution >= 0.6 is 11.3 Å². The van der Waals surface area contributed by atoms with Gasteiger partial charge in [0.05, 0.1) is 6.54 Å². The Morgan fingerprint density at radius 1 is 1.17 bits per heavy atom. The van der Waals surface area contributed by atoms with Crippen molar-refractivity contribution in [2.24, 2.45) is 0 Å². The maximum atomic E-state index is 12.3. The van der Waals surface area contributed by atoms with Crippen LogP contribution in [0.2, 0.25) is 0 Å². The van der Waals surface area contributed by atoms with Crippen molar-refractivity contribution in [3.05, 3.63) is 46.5 Å². The lowest BCUT2D eigenvalue weighted by Gasteiger charge is -2.15. The molecule has 4 rings (SSSR count). The van der Waals surface area contributed by atoms with Crippen LogP contribution in [0.4, 0.5) is 0 Å². The second-order valence-electron chi connectivity index (χ2n) is 5.00. The molecule has 0 radical (unpaired) electrons. The molecule has 3 aromatic rings. The number of carbonyl (C=O) groups is 1. The van der Waals surface area contributed by atoms with Gasteiger partial charge in [-0.15, -0.1) is 21.5 Å². The number of rotatable bonds is 4. The highest BCUT2D eigenvalue weighted by Gasteiger charge is 2.23. The molecule has 7 nitrogen and oxygen atoms in total. The Bertz CT molecular complexity index is 859. The number of ether oxygens (including phenoxy) is 2. The minimum atomic E-state index is -0.258. The van der Waals surface area contributed by atoms with Crippen molar-refractivity contribution in [3.8, 4) is 23.0 Å². The Labute approximate surface area is 141 Å². The van der Waals surface area contributed by atoms with E-state index in [2.05, 4.69) is 15.5 Å². The molecule has 1 amide bonds. The lowest BCUT2D eigenvalue weighted by molar-refractivity contribution is 0.0942. The first-order valence-electron chi connectivity index (χ1n) is 7.34. The number of hydrogen-bond donors (Lipinski definition) is 1. The normalized spacial score (nSPS) is 12.8. The molecule has 0 unspecified atom stereocenters. The molecule has 3 heterocycles. The lowest BCUT2D eigenvalue weighted by Crippen LogP contribution is -2.23. The van der Waals surface area contributed by atoms with Crippen molar-refractivity contribution in [2.45, 2.75) is 6.54 Å². The maximum absolute atomic E-state index is 12.3. The van der Waals surface area contributed by atoms with Crippen LogP contribution in [0, 0.1) is 0 Å². The van der Waals surface area contributed by atoms with Crippen LogP contribution in [0.25, 0.3) is 11.5 Å². The van der Waals surface area contributed by atoms with Crippen molar-refractivity contribution in [1.29, 1.82) is 0 Å². The number of amides is 1. The molecular formula is C16H13N3O4S. The first kappa shape index (κ1) is 14.7. The van der Waals surface area contributed by atoms with Gasteiger partial charge in [0.1, 0.15) is 18.1 Å². The molecule has 0 aliphatic carbocycles. The Hall–Kier alpha value is -2.87. The quantitative estimate of drug-likeness (QED) is 0.783. The highest BCUT2D eigenvalue weighted by molar-refractivity contribution is 7.12. The first-order chi connectivity index (χ1) is 11.8. The van der Waals surface area contributed by atoms with Crippen LogP contribution in [0.3, 0.4) is 0 Å². The van der Waals surface area contributed by atoms with Crippen molar-refractivity contribution >= 4 is 17.2 Å². The zero-order valence-electron chi connectivity index (χ0n) is 12.5. The largest absolute Gasteiger partial charge is 0.485 e. The molecule has 122 valence electrons. The third-order valence-corrected chi connectivity index (χ3v) is 4.33. The zero-order chi connectivity index (χ0) is 16.4. The van der Waals surface area contributed by atoms with Gasteiger partial charge in [-0.3, -0.25) is 4.79 Å². The van der Waals surface area contributed by atoms with E-state index in [9.17, 15) is 4.79 Å². The highest BCUT2D eigenvalue weighted by Crippen LogP contribution is 2.39. The van der Waals surface area contributed by atoms with E-state index in [1.54, 1.807) is 5.38 Å². The van der Waals surface area contributed by atoms with Crippen molar-refractivity contribution in [2.75, 3.05) is 13.2 Å². The summed E-state index contributed by atoms with van der Waals surface area (Å²) in [6.45, 7) is 1.08. The van der Waals surface area contributed by atoms with Crippen molar-refractivity contribution in [3.63, 3.8) is 0 Å². The third kappa shape index (κ3) is 2.83. The van der Waals surface area contributed by atoms with Gasteiger partial charge in [0.25, 0.3) is 5.91 Å². The summed E-state index contributed by atoms with van der Waals surface area (Å²) in [6, 6.07) is 9.46. The van der Waals surface area contributed by atoms with Gasteiger partial charge in [-0.1, -0.05) is 18.2 Å². The Morgan fingerprint density at radius 2 is 2.00 bits per heavy atom. The minimum absolute atomic E-state index is 0.145.